The quantitative estimate of drug-likeness (QED) is 0.438. The summed E-state index contributed by atoms with van der Waals surface area (Å²) in [4.78, 5) is 30.0. The average molecular weight is 459 g/mol. The highest BCUT2D eigenvalue weighted by Crippen LogP contribution is 2.27. The normalized spacial score (nSPS) is 14.1. The zero-order valence-electron chi connectivity index (χ0n) is 19.4. The van der Waals surface area contributed by atoms with Crippen molar-refractivity contribution in [3.05, 3.63) is 57.5 Å². The Bertz CT molecular complexity index is 970. The number of nitrogens with one attached hydrogen (secondary N) is 2. The van der Waals surface area contributed by atoms with Crippen LogP contribution in [0, 0.1) is 0 Å². The van der Waals surface area contributed by atoms with Crippen LogP contribution in [0.15, 0.2) is 40.3 Å². The van der Waals surface area contributed by atoms with Gasteiger partial charge in [0.25, 0.3) is 5.56 Å². The summed E-state index contributed by atoms with van der Waals surface area (Å²) in [6.45, 7) is 9.55. The third kappa shape index (κ3) is 6.59. The van der Waals surface area contributed by atoms with E-state index in [4.69, 9.17) is 9.72 Å². The van der Waals surface area contributed by atoms with Crippen LogP contribution in [0.5, 0.6) is 0 Å². The highest BCUT2D eigenvalue weighted by molar-refractivity contribution is 7.99. The standard InChI is InChI=1S/C24H34N4O3S/c1-5-19(25-12-9-14-31-23(30)27-24(2,3)4)20-18(16-17-10-7-6-8-11-17)21(29)28-13-15-32-22(28)26-20/h6-8,10-11,19,25H,5,9,12-16H2,1-4H3,(H,27,30). The molecule has 1 aromatic carbocycles. The summed E-state index contributed by atoms with van der Waals surface area (Å²) in [6.07, 6.45) is 1.66. The number of nitrogens with zero attached hydrogens (tertiary/aromatic N) is 2. The summed E-state index contributed by atoms with van der Waals surface area (Å²) in [6, 6.07) is 10.0. The van der Waals surface area contributed by atoms with Crippen molar-refractivity contribution in [3.63, 3.8) is 0 Å². The van der Waals surface area contributed by atoms with E-state index in [9.17, 15) is 9.59 Å². The first-order valence-electron chi connectivity index (χ1n) is 11.3. The van der Waals surface area contributed by atoms with Crippen molar-refractivity contribution in [1.29, 1.82) is 0 Å². The second-order valence-electron chi connectivity index (χ2n) is 9.01. The molecule has 1 unspecified atom stereocenters. The topological polar surface area (TPSA) is 85.2 Å². The van der Waals surface area contributed by atoms with Crippen molar-refractivity contribution in [3.8, 4) is 0 Å². The van der Waals surface area contributed by atoms with Crippen LogP contribution >= 0.6 is 11.8 Å². The molecule has 0 aliphatic carbocycles. The van der Waals surface area contributed by atoms with Gasteiger partial charge in [-0.25, -0.2) is 9.78 Å². The Labute approximate surface area is 194 Å². The molecule has 3 rings (SSSR count). The summed E-state index contributed by atoms with van der Waals surface area (Å²) in [7, 11) is 0. The van der Waals surface area contributed by atoms with E-state index < -0.39 is 6.09 Å². The minimum absolute atomic E-state index is 0.0306. The van der Waals surface area contributed by atoms with E-state index in [2.05, 4.69) is 17.6 Å². The number of carbonyl (C=O) groups is 1. The lowest BCUT2D eigenvalue weighted by atomic mass is 9.99. The number of hydrogen-bond acceptors (Lipinski definition) is 6. The van der Waals surface area contributed by atoms with E-state index in [0.717, 1.165) is 34.2 Å². The van der Waals surface area contributed by atoms with Gasteiger partial charge in [0.05, 0.1) is 12.3 Å². The van der Waals surface area contributed by atoms with Crippen LogP contribution in [0.2, 0.25) is 0 Å². The molecular weight excluding hydrogens is 424 g/mol. The lowest BCUT2D eigenvalue weighted by Gasteiger charge is -2.21. The van der Waals surface area contributed by atoms with Crippen molar-refractivity contribution in [2.45, 2.75) is 70.2 Å². The maximum Gasteiger partial charge on any atom is 0.407 e. The van der Waals surface area contributed by atoms with Gasteiger partial charge in [-0.15, -0.1) is 0 Å². The highest BCUT2D eigenvalue weighted by atomic mass is 32.2. The molecule has 2 heterocycles. The number of carbonyl (C=O) groups excluding carboxylic acids is 1. The molecule has 8 heteroatoms. The Morgan fingerprint density at radius 3 is 2.72 bits per heavy atom. The minimum Gasteiger partial charge on any atom is -0.450 e. The molecule has 1 aliphatic heterocycles. The van der Waals surface area contributed by atoms with E-state index in [1.165, 1.54) is 0 Å². The van der Waals surface area contributed by atoms with Crippen molar-refractivity contribution in [2.75, 3.05) is 18.9 Å². The summed E-state index contributed by atoms with van der Waals surface area (Å²) in [5.74, 6) is 0.884. The van der Waals surface area contributed by atoms with Crippen molar-refractivity contribution < 1.29 is 9.53 Å². The fourth-order valence-electron chi connectivity index (χ4n) is 3.67. The van der Waals surface area contributed by atoms with Gasteiger partial charge in [-0.05, 0) is 45.7 Å². The smallest absolute Gasteiger partial charge is 0.407 e. The summed E-state index contributed by atoms with van der Waals surface area (Å²) in [5.41, 5.74) is 2.47. The minimum atomic E-state index is -0.403. The van der Waals surface area contributed by atoms with Crippen LogP contribution in [0.4, 0.5) is 4.79 Å². The highest BCUT2D eigenvalue weighted by Gasteiger charge is 2.24. The molecule has 1 aliphatic rings. The molecule has 2 N–H and O–H groups in total. The predicted octanol–water partition coefficient (Wildman–Crippen LogP) is 3.90. The van der Waals surface area contributed by atoms with Gasteiger partial charge >= 0.3 is 6.09 Å². The molecule has 0 fully saturated rings. The molecule has 0 saturated heterocycles. The van der Waals surface area contributed by atoms with E-state index in [1.807, 2.05) is 51.1 Å². The van der Waals surface area contributed by atoms with Crippen molar-refractivity contribution in [2.24, 2.45) is 0 Å². The first-order valence-corrected chi connectivity index (χ1v) is 12.3. The second-order valence-corrected chi connectivity index (χ2v) is 10.1. The van der Waals surface area contributed by atoms with Crippen LogP contribution < -0.4 is 16.2 Å². The maximum atomic E-state index is 13.3. The molecule has 174 valence electrons. The fraction of sp³-hybridized carbons (Fsp3) is 0.542. The monoisotopic (exact) mass is 458 g/mol. The van der Waals surface area contributed by atoms with Crippen LogP contribution in [0.25, 0.3) is 0 Å². The largest absolute Gasteiger partial charge is 0.450 e. The van der Waals surface area contributed by atoms with Crippen LogP contribution in [-0.4, -0.2) is 40.1 Å². The SMILES string of the molecule is CCC(NCCCOC(=O)NC(C)(C)C)c1nc2n(c(=O)c1Cc1ccccc1)CCS2. The molecule has 1 amide bonds. The molecule has 7 nitrogen and oxygen atoms in total. The van der Waals surface area contributed by atoms with E-state index >= 15 is 0 Å². The summed E-state index contributed by atoms with van der Waals surface area (Å²) in [5, 5.41) is 7.12. The number of amides is 1. The number of hydrogen-bond donors (Lipinski definition) is 2. The van der Waals surface area contributed by atoms with Crippen LogP contribution in [-0.2, 0) is 17.7 Å². The van der Waals surface area contributed by atoms with E-state index in [1.54, 1.807) is 16.3 Å². The lowest BCUT2D eigenvalue weighted by molar-refractivity contribution is 0.136. The number of aromatic nitrogens is 2. The van der Waals surface area contributed by atoms with Gasteiger partial charge in [-0.3, -0.25) is 9.36 Å². The van der Waals surface area contributed by atoms with Gasteiger partial charge in [-0.1, -0.05) is 49.0 Å². The molecular formula is C24H34N4O3S. The maximum absolute atomic E-state index is 13.3. The zero-order valence-corrected chi connectivity index (χ0v) is 20.3. The van der Waals surface area contributed by atoms with Crippen molar-refractivity contribution in [1.82, 2.24) is 20.2 Å². The fourth-order valence-corrected chi connectivity index (χ4v) is 4.62. The number of thioether (sulfide) groups is 1. The Kier molecular flexibility index (Phi) is 8.37. The van der Waals surface area contributed by atoms with Crippen LogP contribution in [0.1, 0.15) is 63.4 Å². The third-order valence-corrected chi connectivity index (χ3v) is 6.15. The molecule has 0 bridgehead atoms. The molecule has 0 radical (unpaired) electrons. The summed E-state index contributed by atoms with van der Waals surface area (Å²) < 4.78 is 7.07. The lowest BCUT2D eigenvalue weighted by Crippen LogP contribution is -2.41. The molecule has 32 heavy (non-hydrogen) atoms. The number of ether oxygens (including phenoxy) is 1. The van der Waals surface area contributed by atoms with Gasteiger partial charge < -0.3 is 15.4 Å². The Morgan fingerprint density at radius 1 is 1.28 bits per heavy atom. The third-order valence-electron chi connectivity index (χ3n) is 5.19. The second kappa shape index (κ2) is 11.0. The van der Waals surface area contributed by atoms with Gasteiger partial charge in [0.2, 0.25) is 0 Å². The Morgan fingerprint density at radius 2 is 2.03 bits per heavy atom. The molecule has 1 atom stereocenters. The first-order chi connectivity index (χ1) is 15.3. The van der Waals surface area contributed by atoms with Gasteiger partial charge in [0, 0.05) is 35.9 Å². The van der Waals surface area contributed by atoms with E-state index in [0.29, 0.717) is 32.5 Å². The molecule has 0 saturated carbocycles. The molecule has 1 aromatic heterocycles. The summed E-state index contributed by atoms with van der Waals surface area (Å²) >= 11 is 1.64. The first kappa shape index (κ1) is 24.3. The number of benzene rings is 1. The van der Waals surface area contributed by atoms with Crippen molar-refractivity contribution >= 4 is 17.9 Å². The number of fused-ring (bicyclic) bond motifs is 1. The molecule has 2 aromatic rings. The predicted molar refractivity (Wildman–Crippen MR) is 128 cm³/mol. The van der Waals surface area contributed by atoms with Gasteiger partial charge in [0.1, 0.15) is 0 Å². The van der Waals surface area contributed by atoms with Gasteiger partial charge in [0.15, 0.2) is 5.16 Å². The molecule has 0 spiro atoms. The Balaban J connectivity index is 1.68. The zero-order chi connectivity index (χ0) is 23.1. The average Bonchev–Trinajstić information content (AvgIpc) is 3.21. The van der Waals surface area contributed by atoms with Gasteiger partial charge in [-0.2, -0.15) is 0 Å². The van der Waals surface area contributed by atoms with Crippen LogP contribution in [0.3, 0.4) is 0 Å². The van der Waals surface area contributed by atoms with E-state index in [-0.39, 0.29) is 17.1 Å². The number of rotatable bonds is 9. The Hall–Kier alpha value is -2.32. The number of alkyl carbamates (subject to hydrolysis) is 1.